The van der Waals surface area contributed by atoms with E-state index in [1.165, 1.54) is 6.07 Å². The molecule has 0 spiro atoms. The predicted molar refractivity (Wildman–Crippen MR) is 108 cm³/mol. The monoisotopic (exact) mass is 465 g/mol. The highest BCUT2D eigenvalue weighted by Gasteiger charge is 2.28. The Hall–Kier alpha value is -2.07. The van der Waals surface area contributed by atoms with Gasteiger partial charge in [0.15, 0.2) is 0 Å². The second kappa shape index (κ2) is 8.75. The van der Waals surface area contributed by atoms with Crippen LogP contribution in [-0.2, 0) is 21.4 Å². The largest absolute Gasteiger partial charge is 0.350 e. The normalized spacial score (nSPS) is 12.5. The highest BCUT2D eigenvalue weighted by atomic mass is 79.9. The summed E-state index contributed by atoms with van der Waals surface area (Å²) in [6, 6.07) is 14.4. The van der Waals surface area contributed by atoms with Crippen molar-refractivity contribution < 1.29 is 13.2 Å². The molecular formula is C18H16BrN3O3S2. The van der Waals surface area contributed by atoms with Crippen LogP contribution in [-0.4, -0.2) is 19.3 Å². The van der Waals surface area contributed by atoms with E-state index in [1.807, 2.05) is 6.07 Å². The van der Waals surface area contributed by atoms with E-state index in [4.69, 9.17) is 0 Å². The van der Waals surface area contributed by atoms with Crippen LogP contribution in [0.3, 0.4) is 0 Å². The number of aromatic nitrogens is 1. The molecule has 0 aliphatic heterocycles. The lowest BCUT2D eigenvalue weighted by atomic mass is 10.1. The van der Waals surface area contributed by atoms with Crippen molar-refractivity contribution in [2.75, 3.05) is 0 Å². The Bertz CT molecular complexity index is 1010. The third-order valence-corrected chi connectivity index (χ3v) is 7.21. The Balaban J connectivity index is 1.82. The SMILES string of the molecule is O=C(NCc1cccnc1)[C@@H](NS(=O)(=O)c1ccc(Br)s1)c1ccccc1. The number of sulfonamides is 1. The standard InChI is InChI=1S/C18H16BrN3O3S2/c19-15-8-9-16(26-15)27(24,25)22-17(14-6-2-1-3-7-14)18(23)21-12-13-5-4-10-20-11-13/h1-11,17,22H,12H2,(H,21,23)/t17-/m0/s1. The van der Waals surface area contributed by atoms with Gasteiger partial charge < -0.3 is 5.32 Å². The second-order valence-corrected chi connectivity index (χ2v) is 10.0. The van der Waals surface area contributed by atoms with Crippen molar-refractivity contribution >= 4 is 43.2 Å². The van der Waals surface area contributed by atoms with Gasteiger partial charge >= 0.3 is 0 Å². The molecule has 1 aromatic carbocycles. The molecule has 3 aromatic rings. The van der Waals surface area contributed by atoms with Gasteiger partial charge in [0.2, 0.25) is 5.91 Å². The molecule has 27 heavy (non-hydrogen) atoms. The molecule has 1 amide bonds. The zero-order valence-corrected chi connectivity index (χ0v) is 17.2. The summed E-state index contributed by atoms with van der Waals surface area (Å²) in [5.41, 5.74) is 1.38. The average molecular weight is 466 g/mol. The van der Waals surface area contributed by atoms with Gasteiger partial charge in [-0.05, 0) is 45.3 Å². The molecule has 1 atom stereocenters. The van der Waals surface area contributed by atoms with Gasteiger partial charge in [0.05, 0.1) is 3.79 Å². The van der Waals surface area contributed by atoms with Gasteiger partial charge in [0.1, 0.15) is 10.3 Å². The fourth-order valence-corrected chi connectivity index (χ4v) is 5.58. The van der Waals surface area contributed by atoms with E-state index in [0.29, 0.717) is 9.35 Å². The molecule has 0 aliphatic carbocycles. The van der Waals surface area contributed by atoms with Crippen molar-refractivity contribution in [2.45, 2.75) is 16.8 Å². The smallest absolute Gasteiger partial charge is 0.251 e. The van der Waals surface area contributed by atoms with Crippen LogP contribution in [0.25, 0.3) is 0 Å². The number of halogens is 1. The summed E-state index contributed by atoms with van der Waals surface area (Å²) in [6.45, 7) is 0.252. The minimum absolute atomic E-state index is 0.135. The van der Waals surface area contributed by atoms with Gasteiger partial charge in [-0.2, -0.15) is 4.72 Å². The lowest BCUT2D eigenvalue weighted by Crippen LogP contribution is -2.40. The Morgan fingerprint density at radius 3 is 2.52 bits per heavy atom. The number of carbonyl (C=O) groups excluding carboxylic acids is 1. The number of pyridine rings is 1. The van der Waals surface area contributed by atoms with E-state index in [1.54, 1.807) is 54.9 Å². The highest BCUT2D eigenvalue weighted by Crippen LogP contribution is 2.27. The van der Waals surface area contributed by atoms with E-state index in [2.05, 4.69) is 31.0 Å². The Morgan fingerprint density at radius 1 is 1.11 bits per heavy atom. The first-order chi connectivity index (χ1) is 13.0. The van der Waals surface area contributed by atoms with E-state index in [9.17, 15) is 13.2 Å². The van der Waals surface area contributed by atoms with Crippen molar-refractivity contribution in [3.8, 4) is 0 Å². The second-order valence-electron chi connectivity index (χ2n) is 5.60. The molecule has 0 aliphatic rings. The number of hydrogen-bond donors (Lipinski definition) is 2. The molecule has 140 valence electrons. The predicted octanol–water partition coefficient (Wildman–Crippen LogP) is 3.24. The van der Waals surface area contributed by atoms with Crippen LogP contribution in [0, 0.1) is 0 Å². The molecule has 0 saturated carbocycles. The zero-order valence-electron chi connectivity index (χ0n) is 14.0. The maximum absolute atomic E-state index is 12.8. The fraction of sp³-hybridized carbons (Fsp3) is 0.111. The molecule has 0 radical (unpaired) electrons. The van der Waals surface area contributed by atoms with Crippen LogP contribution >= 0.6 is 27.3 Å². The van der Waals surface area contributed by atoms with Crippen LogP contribution in [0.4, 0.5) is 0 Å². The van der Waals surface area contributed by atoms with Crippen LogP contribution < -0.4 is 10.0 Å². The summed E-state index contributed by atoms with van der Waals surface area (Å²) in [4.78, 5) is 16.8. The first-order valence-electron chi connectivity index (χ1n) is 7.95. The van der Waals surface area contributed by atoms with E-state index in [-0.39, 0.29) is 10.8 Å². The molecule has 3 rings (SSSR count). The average Bonchev–Trinajstić information content (AvgIpc) is 3.13. The van der Waals surface area contributed by atoms with Crippen LogP contribution in [0.2, 0.25) is 0 Å². The molecule has 0 unspecified atom stereocenters. The number of rotatable bonds is 7. The molecule has 6 nitrogen and oxygen atoms in total. The summed E-state index contributed by atoms with van der Waals surface area (Å²) in [5.74, 6) is -0.441. The van der Waals surface area contributed by atoms with E-state index in [0.717, 1.165) is 16.9 Å². The van der Waals surface area contributed by atoms with Gasteiger partial charge in [0, 0.05) is 18.9 Å². The number of nitrogens with one attached hydrogen (secondary N) is 2. The molecule has 2 N–H and O–H groups in total. The number of benzene rings is 1. The fourth-order valence-electron chi connectivity index (χ4n) is 2.37. The van der Waals surface area contributed by atoms with Gasteiger partial charge in [-0.25, -0.2) is 8.42 Å². The number of thiophene rings is 1. The summed E-state index contributed by atoms with van der Waals surface area (Å²) in [6.07, 6.45) is 3.29. The van der Waals surface area contributed by atoms with Crippen molar-refractivity contribution in [3.05, 3.63) is 81.9 Å². The lowest BCUT2D eigenvalue weighted by molar-refractivity contribution is -0.123. The lowest BCUT2D eigenvalue weighted by Gasteiger charge is -2.18. The Morgan fingerprint density at radius 2 is 1.89 bits per heavy atom. The van der Waals surface area contributed by atoms with Crippen molar-refractivity contribution in [3.63, 3.8) is 0 Å². The van der Waals surface area contributed by atoms with Gasteiger partial charge in [-0.15, -0.1) is 11.3 Å². The molecule has 0 bridgehead atoms. The summed E-state index contributed by atoms with van der Waals surface area (Å²) in [5, 5.41) is 2.77. The number of carbonyl (C=O) groups is 1. The van der Waals surface area contributed by atoms with Crippen molar-refractivity contribution in [1.82, 2.24) is 15.0 Å². The molecule has 2 heterocycles. The molecule has 0 fully saturated rings. The number of hydrogen-bond acceptors (Lipinski definition) is 5. The van der Waals surface area contributed by atoms with Gasteiger partial charge in [-0.3, -0.25) is 9.78 Å². The highest BCUT2D eigenvalue weighted by molar-refractivity contribution is 9.11. The van der Waals surface area contributed by atoms with E-state index >= 15 is 0 Å². The maximum atomic E-state index is 12.8. The summed E-state index contributed by atoms with van der Waals surface area (Å²) in [7, 11) is -3.85. The van der Waals surface area contributed by atoms with Crippen molar-refractivity contribution in [2.24, 2.45) is 0 Å². The molecule has 0 saturated heterocycles. The van der Waals surface area contributed by atoms with Crippen LogP contribution in [0.15, 0.2) is 75.0 Å². The first-order valence-corrected chi connectivity index (χ1v) is 11.0. The van der Waals surface area contributed by atoms with Crippen LogP contribution in [0.1, 0.15) is 17.2 Å². The summed E-state index contributed by atoms with van der Waals surface area (Å²) < 4.78 is 28.7. The molecular weight excluding hydrogens is 450 g/mol. The first kappa shape index (κ1) is 19.7. The van der Waals surface area contributed by atoms with Gasteiger partial charge in [-0.1, -0.05) is 36.4 Å². The van der Waals surface area contributed by atoms with Gasteiger partial charge in [0.25, 0.3) is 10.0 Å². The molecule has 2 aromatic heterocycles. The maximum Gasteiger partial charge on any atom is 0.251 e. The Labute approximate surface area is 169 Å². The zero-order chi connectivity index (χ0) is 19.3. The van der Waals surface area contributed by atoms with E-state index < -0.39 is 22.0 Å². The van der Waals surface area contributed by atoms with Crippen molar-refractivity contribution in [1.29, 1.82) is 0 Å². The molecule has 9 heteroatoms. The summed E-state index contributed by atoms with van der Waals surface area (Å²) >= 11 is 4.34. The number of amides is 1. The minimum atomic E-state index is -3.85. The third-order valence-electron chi connectivity index (χ3n) is 3.67. The van der Waals surface area contributed by atoms with Crippen LogP contribution in [0.5, 0.6) is 0 Å². The quantitative estimate of drug-likeness (QED) is 0.560. The third kappa shape index (κ3) is 5.23. The minimum Gasteiger partial charge on any atom is -0.350 e. The topological polar surface area (TPSA) is 88.2 Å². The Kier molecular flexibility index (Phi) is 6.38. The number of nitrogens with zero attached hydrogens (tertiary/aromatic N) is 1.